The predicted octanol–water partition coefficient (Wildman–Crippen LogP) is 2.19. The summed E-state index contributed by atoms with van der Waals surface area (Å²) < 4.78 is 13.3. The highest BCUT2D eigenvalue weighted by molar-refractivity contribution is 6.41. The third-order valence-electron chi connectivity index (χ3n) is 2.06. The largest absolute Gasteiger partial charge is 0.391 e. The lowest BCUT2D eigenvalue weighted by Gasteiger charge is -2.02. The Morgan fingerprint density at radius 3 is 2.76 bits per heavy atom. The van der Waals surface area contributed by atoms with Crippen LogP contribution in [0.15, 0.2) is 34.2 Å². The standard InChI is InChI=1S/C11H13Cl2FN2O/c12-8-2-5-15-3-1-4-16-7-11(17)10(14)6-9(8)13/h2,5-6,15-16H,1,3-4,7H2/b5-2+,9-8-,10-6+. The van der Waals surface area contributed by atoms with Gasteiger partial charge in [0.05, 0.1) is 16.6 Å². The molecule has 0 amide bonds. The van der Waals surface area contributed by atoms with Crippen molar-refractivity contribution >= 4 is 29.0 Å². The number of hydrogen-bond donors (Lipinski definition) is 2. The monoisotopic (exact) mass is 278 g/mol. The van der Waals surface area contributed by atoms with Crippen LogP contribution in [0.25, 0.3) is 0 Å². The zero-order chi connectivity index (χ0) is 12.7. The molecule has 1 heterocycles. The summed E-state index contributed by atoms with van der Waals surface area (Å²) in [6.07, 6.45) is 4.90. The lowest BCUT2D eigenvalue weighted by molar-refractivity contribution is -0.116. The summed E-state index contributed by atoms with van der Waals surface area (Å²) in [5.74, 6) is -1.54. The Bertz CT molecular complexity index is 378. The minimum absolute atomic E-state index is 0.00480. The third kappa shape index (κ3) is 5.35. The molecule has 0 fully saturated rings. The molecular formula is C11H13Cl2FN2O. The molecule has 0 aromatic rings. The lowest BCUT2D eigenvalue weighted by Crippen LogP contribution is -2.26. The molecule has 0 radical (unpaired) electrons. The SMILES string of the molecule is O=C1CNCCCN/C=C/C(Cl)=C(Cl)\C=C/1F. The molecule has 0 spiro atoms. The second kappa shape index (κ2) is 7.48. The molecule has 0 aliphatic carbocycles. The van der Waals surface area contributed by atoms with Crippen LogP contribution in [-0.2, 0) is 4.79 Å². The van der Waals surface area contributed by atoms with Crippen molar-refractivity contribution in [2.75, 3.05) is 19.6 Å². The number of allylic oxidation sites excluding steroid dienone is 4. The molecule has 6 heteroatoms. The Labute approximate surface area is 109 Å². The molecule has 0 atom stereocenters. The smallest absolute Gasteiger partial charge is 0.204 e. The van der Waals surface area contributed by atoms with Crippen LogP contribution >= 0.6 is 23.2 Å². The first-order chi connectivity index (χ1) is 8.11. The Kier molecular flexibility index (Phi) is 6.26. The van der Waals surface area contributed by atoms with E-state index in [1.54, 1.807) is 6.20 Å². The Hall–Kier alpha value is -0.840. The van der Waals surface area contributed by atoms with E-state index in [1.807, 2.05) is 0 Å². The molecule has 0 saturated carbocycles. The zero-order valence-electron chi connectivity index (χ0n) is 9.10. The van der Waals surface area contributed by atoms with E-state index in [4.69, 9.17) is 23.2 Å². The first-order valence-electron chi connectivity index (χ1n) is 5.17. The van der Waals surface area contributed by atoms with Gasteiger partial charge in [-0.05, 0) is 31.3 Å². The van der Waals surface area contributed by atoms with Gasteiger partial charge < -0.3 is 10.6 Å². The number of rotatable bonds is 0. The van der Waals surface area contributed by atoms with Crippen LogP contribution in [0.3, 0.4) is 0 Å². The summed E-state index contributed by atoms with van der Waals surface area (Å²) in [4.78, 5) is 11.3. The number of carbonyl (C=O) groups excluding carboxylic acids is 1. The quantitative estimate of drug-likeness (QED) is 0.714. The van der Waals surface area contributed by atoms with Gasteiger partial charge in [0.25, 0.3) is 0 Å². The van der Waals surface area contributed by atoms with Gasteiger partial charge in [-0.25, -0.2) is 4.39 Å². The number of halogens is 3. The third-order valence-corrected chi connectivity index (χ3v) is 2.79. The van der Waals surface area contributed by atoms with E-state index < -0.39 is 11.6 Å². The molecule has 0 unspecified atom stereocenters. The van der Waals surface area contributed by atoms with Crippen molar-refractivity contribution in [1.29, 1.82) is 0 Å². The second-order valence-electron chi connectivity index (χ2n) is 3.43. The summed E-state index contributed by atoms with van der Waals surface area (Å²) in [6, 6.07) is 0. The van der Waals surface area contributed by atoms with Gasteiger partial charge in [-0.2, -0.15) is 0 Å². The molecule has 17 heavy (non-hydrogen) atoms. The van der Waals surface area contributed by atoms with Gasteiger partial charge in [0, 0.05) is 6.54 Å². The number of carbonyl (C=O) groups is 1. The van der Waals surface area contributed by atoms with Crippen LogP contribution in [0.1, 0.15) is 6.42 Å². The fourth-order valence-corrected chi connectivity index (χ4v) is 1.43. The first-order valence-corrected chi connectivity index (χ1v) is 5.93. The summed E-state index contributed by atoms with van der Waals surface area (Å²) >= 11 is 11.5. The molecule has 1 aliphatic heterocycles. The van der Waals surface area contributed by atoms with Crippen molar-refractivity contribution in [2.24, 2.45) is 0 Å². The van der Waals surface area contributed by atoms with Crippen LogP contribution in [0.4, 0.5) is 4.39 Å². The number of nitrogens with one attached hydrogen (secondary N) is 2. The normalized spacial score (nSPS) is 29.1. The maximum Gasteiger partial charge on any atom is 0.204 e. The highest BCUT2D eigenvalue weighted by atomic mass is 35.5. The maximum atomic E-state index is 13.3. The van der Waals surface area contributed by atoms with Crippen LogP contribution < -0.4 is 10.6 Å². The van der Waals surface area contributed by atoms with Gasteiger partial charge in [0.1, 0.15) is 0 Å². The van der Waals surface area contributed by atoms with Gasteiger partial charge in [-0.1, -0.05) is 23.2 Å². The average molecular weight is 279 g/mol. The minimum atomic E-state index is -0.902. The molecular weight excluding hydrogens is 266 g/mol. The van der Waals surface area contributed by atoms with Gasteiger partial charge in [0.15, 0.2) is 5.83 Å². The summed E-state index contributed by atoms with van der Waals surface area (Å²) in [5.41, 5.74) is 0. The van der Waals surface area contributed by atoms with Gasteiger partial charge >= 0.3 is 0 Å². The van der Waals surface area contributed by atoms with Crippen molar-refractivity contribution in [3.8, 4) is 0 Å². The Morgan fingerprint density at radius 1 is 1.24 bits per heavy atom. The average Bonchev–Trinajstić information content (AvgIpc) is 2.31. The fourth-order valence-electron chi connectivity index (χ4n) is 1.16. The molecule has 2 N–H and O–H groups in total. The van der Waals surface area contributed by atoms with E-state index in [1.165, 1.54) is 6.08 Å². The van der Waals surface area contributed by atoms with Gasteiger partial charge in [-0.3, -0.25) is 4.79 Å². The van der Waals surface area contributed by atoms with Crippen molar-refractivity contribution in [2.45, 2.75) is 6.42 Å². The first kappa shape index (κ1) is 14.2. The highest BCUT2D eigenvalue weighted by Gasteiger charge is 2.09. The molecule has 0 saturated heterocycles. The van der Waals surface area contributed by atoms with E-state index in [0.29, 0.717) is 6.54 Å². The number of hydrogen-bond acceptors (Lipinski definition) is 3. The molecule has 1 aliphatic rings. The molecule has 0 aromatic heterocycles. The van der Waals surface area contributed by atoms with Crippen molar-refractivity contribution in [1.82, 2.24) is 10.6 Å². The number of ketones is 1. The van der Waals surface area contributed by atoms with Crippen molar-refractivity contribution in [3.63, 3.8) is 0 Å². The van der Waals surface area contributed by atoms with Crippen LogP contribution in [-0.4, -0.2) is 25.4 Å². The maximum absolute atomic E-state index is 13.3. The van der Waals surface area contributed by atoms with E-state index in [9.17, 15) is 9.18 Å². The summed E-state index contributed by atoms with van der Waals surface area (Å²) in [6.45, 7) is 1.32. The van der Waals surface area contributed by atoms with Gasteiger partial charge in [-0.15, -0.1) is 0 Å². The fraction of sp³-hybridized carbons (Fsp3) is 0.364. The number of Topliss-reactive ketones (excluding diaryl/α,β-unsaturated/α-hetero) is 1. The van der Waals surface area contributed by atoms with Gasteiger partial charge in [0.2, 0.25) is 5.78 Å². The lowest BCUT2D eigenvalue weighted by atomic mass is 10.3. The van der Waals surface area contributed by atoms with E-state index in [2.05, 4.69) is 10.6 Å². The molecule has 0 aromatic carbocycles. The second-order valence-corrected chi connectivity index (χ2v) is 4.24. The minimum Gasteiger partial charge on any atom is -0.391 e. The molecule has 0 bridgehead atoms. The Balaban J connectivity index is 2.87. The van der Waals surface area contributed by atoms with E-state index in [0.717, 1.165) is 19.0 Å². The highest BCUT2D eigenvalue weighted by Crippen LogP contribution is 2.18. The van der Waals surface area contributed by atoms with Crippen LogP contribution in [0.2, 0.25) is 0 Å². The van der Waals surface area contributed by atoms with Crippen LogP contribution in [0.5, 0.6) is 0 Å². The Morgan fingerprint density at radius 2 is 2.00 bits per heavy atom. The van der Waals surface area contributed by atoms with Crippen LogP contribution in [0, 0.1) is 0 Å². The van der Waals surface area contributed by atoms with Crippen molar-refractivity contribution in [3.05, 3.63) is 34.2 Å². The molecule has 3 nitrogen and oxygen atoms in total. The van der Waals surface area contributed by atoms with E-state index in [-0.39, 0.29) is 16.6 Å². The molecule has 1 rings (SSSR count). The summed E-state index contributed by atoms with van der Waals surface area (Å²) in [7, 11) is 0. The predicted molar refractivity (Wildman–Crippen MR) is 67.6 cm³/mol. The molecule has 94 valence electrons. The summed E-state index contributed by atoms with van der Waals surface area (Å²) in [5, 5.41) is 6.01. The van der Waals surface area contributed by atoms with Crippen molar-refractivity contribution < 1.29 is 9.18 Å². The topological polar surface area (TPSA) is 41.1 Å². The van der Waals surface area contributed by atoms with E-state index >= 15 is 0 Å². The zero-order valence-corrected chi connectivity index (χ0v) is 10.6.